The summed E-state index contributed by atoms with van der Waals surface area (Å²) in [4.78, 5) is 2.56. The van der Waals surface area contributed by atoms with Gasteiger partial charge in [-0.3, -0.25) is 0 Å². The zero-order valence-electron chi connectivity index (χ0n) is 16.4. The molecule has 3 rings (SSSR count). The molecule has 0 saturated carbocycles. The van der Waals surface area contributed by atoms with Crippen molar-refractivity contribution < 1.29 is 8.42 Å². The maximum Gasteiger partial charge on any atom is 0.243 e. The molecule has 0 aliphatic carbocycles. The number of benzene rings is 2. The van der Waals surface area contributed by atoms with Crippen LogP contribution in [-0.4, -0.2) is 44.3 Å². The van der Waals surface area contributed by atoms with E-state index in [-0.39, 0.29) is 23.9 Å². The number of hydrogen-bond donors (Lipinski definition) is 0. The van der Waals surface area contributed by atoms with Gasteiger partial charge in [-0.15, -0.1) is 12.4 Å². The zero-order chi connectivity index (χ0) is 18.9. The highest BCUT2D eigenvalue weighted by atomic mass is 35.5. The summed E-state index contributed by atoms with van der Waals surface area (Å²) >= 11 is 0. The number of hydrogen-bond acceptors (Lipinski definition) is 3. The van der Waals surface area contributed by atoms with E-state index in [1.165, 1.54) is 0 Å². The molecule has 148 valence electrons. The lowest BCUT2D eigenvalue weighted by molar-refractivity contribution is 0.160. The van der Waals surface area contributed by atoms with Crippen LogP contribution in [0.4, 0.5) is 0 Å². The van der Waals surface area contributed by atoms with Gasteiger partial charge >= 0.3 is 0 Å². The molecule has 1 aliphatic heterocycles. The van der Waals surface area contributed by atoms with Gasteiger partial charge in [-0.25, -0.2) is 8.42 Å². The summed E-state index contributed by atoms with van der Waals surface area (Å²) in [5, 5.41) is 0. The number of rotatable bonds is 3. The van der Waals surface area contributed by atoms with Crippen molar-refractivity contribution in [3.63, 3.8) is 0 Å². The Morgan fingerprint density at radius 2 is 1.52 bits per heavy atom. The molecule has 4 nitrogen and oxygen atoms in total. The van der Waals surface area contributed by atoms with Crippen LogP contribution in [0, 0.1) is 0 Å². The predicted octanol–water partition coefficient (Wildman–Crippen LogP) is 4.08. The third-order valence-electron chi connectivity index (χ3n) is 5.05. The Morgan fingerprint density at radius 1 is 0.926 bits per heavy atom. The average molecular weight is 409 g/mol. The molecule has 1 unspecified atom stereocenters. The monoisotopic (exact) mass is 408 g/mol. The third kappa shape index (κ3) is 4.72. The maximum atomic E-state index is 13.3. The largest absolute Gasteiger partial charge is 0.303 e. The summed E-state index contributed by atoms with van der Waals surface area (Å²) in [6.07, 6.45) is 0. The van der Waals surface area contributed by atoms with Crippen LogP contribution in [0.25, 0.3) is 0 Å². The Balaban J connectivity index is 0.00000261. The molecular weight excluding hydrogens is 380 g/mol. The highest BCUT2D eigenvalue weighted by Crippen LogP contribution is 2.31. The van der Waals surface area contributed by atoms with E-state index in [1.807, 2.05) is 49.5 Å². The molecule has 0 N–H and O–H groups in total. The first-order valence-corrected chi connectivity index (χ1v) is 10.5. The van der Waals surface area contributed by atoms with Gasteiger partial charge in [0.1, 0.15) is 0 Å². The van der Waals surface area contributed by atoms with Crippen LogP contribution in [-0.2, 0) is 15.4 Å². The molecule has 2 aromatic rings. The van der Waals surface area contributed by atoms with E-state index in [0.29, 0.717) is 18.0 Å². The number of halogens is 1. The van der Waals surface area contributed by atoms with Crippen molar-refractivity contribution in [3.05, 3.63) is 65.7 Å². The lowest BCUT2D eigenvalue weighted by Gasteiger charge is -2.39. The second-order valence-electron chi connectivity index (χ2n) is 8.08. The van der Waals surface area contributed by atoms with Crippen LogP contribution in [0.15, 0.2) is 59.5 Å². The molecule has 27 heavy (non-hydrogen) atoms. The topological polar surface area (TPSA) is 40.6 Å². The van der Waals surface area contributed by atoms with Gasteiger partial charge in [-0.2, -0.15) is 4.31 Å². The normalized spacial score (nSPS) is 19.5. The second kappa shape index (κ2) is 8.31. The van der Waals surface area contributed by atoms with Crippen molar-refractivity contribution in [1.29, 1.82) is 0 Å². The van der Waals surface area contributed by atoms with Crippen LogP contribution in [0.1, 0.15) is 37.9 Å². The molecular formula is C21H29ClN2O2S. The number of nitrogens with zero attached hydrogens (tertiary/aromatic N) is 2. The van der Waals surface area contributed by atoms with Gasteiger partial charge in [-0.05, 0) is 35.7 Å². The zero-order valence-corrected chi connectivity index (χ0v) is 18.1. The first kappa shape index (κ1) is 21.9. The van der Waals surface area contributed by atoms with E-state index in [1.54, 1.807) is 16.4 Å². The number of sulfonamides is 1. The molecule has 1 saturated heterocycles. The van der Waals surface area contributed by atoms with Gasteiger partial charge in [0.15, 0.2) is 0 Å². The van der Waals surface area contributed by atoms with E-state index in [9.17, 15) is 8.42 Å². The Bertz CT molecular complexity index is 846. The molecule has 6 heteroatoms. The van der Waals surface area contributed by atoms with Crippen LogP contribution >= 0.6 is 12.4 Å². The molecule has 1 fully saturated rings. The average Bonchev–Trinajstić information content (AvgIpc) is 2.61. The second-order valence-corrected chi connectivity index (χ2v) is 9.97. The smallest absolute Gasteiger partial charge is 0.243 e. The number of likely N-dealkylation sites (N-methyl/N-ethyl adjacent to an activating group) is 1. The van der Waals surface area contributed by atoms with Crippen molar-refractivity contribution in [2.24, 2.45) is 0 Å². The molecule has 1 aliphatic rings. The molecule has 1 atom stereocenters. The fourth-order valence-electron chi connectivity index (χ4n) is 3.40. The Kier molecular flexibility index (Phi) is 6.74. The maximum absolute atomic E-state index is 13.3. The van der Waals surface area contributed by atoms with Crippen molar-refractivity contribution in [3.8, 4) is 0 Å². The van der Waals surface area contributed by atoms with E-state index in [0.717, 1.165) is 17.7 Å². The highest BCUT2D eigenvalue weighted by molar-refractivity contribution is 7.89. The lowest BCUT2D eigenvalue weighted by atomic mass is 9.87. The first-order valence-electron chi connectivity index (χ1n) is 9.05. The fourth-order valence-corrected chi connectivity index (χ4v) is 5.00. The van der Waals surface area contributed by atoms with Crippen LogP contribution in [0.5, 0.6) is 0 Å². The van der Waals surface area contributed by atoms with E-state index < -0.39 is 10.0 Å². The van der Waals surface area contributed by atoms with E-state index in [4.69, 9.17) is 0 Å². The summed E-state index contributed by atoms with van der Waals surface area (Å²) in [6.45, 7) is 8.32. The van der Waals surface area contributed by atoms with Crippen LogP contribution in [0.2, 0.25) is 0 Å². The Morgan fingerprint density at radius 3 is 2.07 bits per heavy atom. The van der Waals surface area contributed by atoms with Crippen molar-refractivity contribution >= 4 is 22.4 Å². The number of piperazine rings is 1. The van der Waals surface area contributed by atoms with Gasteiger partial charge in [0, 0.05) is 19.6 Å². The van der Waals surface area contributed by atoms with Gasteiger partial charge in [0.25, 0.3) is 0 Å². The van der Waals surface area contributed by atoms with Crippen molar-refractivity contribution in [2.45, 2.75) is 37.1 Å². The minimum absolute atomic E-state index is 0. The molecule has 0 bridgehead atoms. The molecule has 0 radical (unpaired) electrons. The summed E-state index contributed by atoms with van der Waals surface area (Å²) < 4.78 is 28.4. The van der Waals surface area contributed by atoms with E-state index in [2.05, 4.69) is 25.7 Å². The summed E-state index contributed by atoms with van der Waals surface area (Å²) in [5.41, 5.74) is 2.17. The highest BCUT2D eigenvalue weighted by Gasteiger charge is 2.36. The first-order chi connectivity index (χ1) is 12.2. The van der Waals surface area contributed by atoms with Crippen LogP contribution < -0.4 is 0 Å². The lowest BCUT2D eigenvalue weighted by Crippen LogP contribution is -2.49. The summed E-state index contributed by atoms with van der Waals surface area (Å²) in [6, 6.07) is 17.1. The Labute approximate surface area is 169 Å². The van der Waals surface area contributed by atoms with Gasteiger partial charge in [0.05, 0.1) is 10.9 Å². The third-order valence-corrected chi connectivity index (χ3v) is 6.97. The van der Waals surface area contributed by atoms with Crippen molar-refractivity contribution in [2.75, 3.05) is 26.7 Å². The van der Waals surface area contributed by atoms with Gasteiger partial charge < -0.3 is 4.90 Å². The molecule has 0 amide bonds. The summed E-state index contributed by atoms with van der Waals surface area (Å²) in [5.74, 6) is 0. The van der Waals surface area contributed by atoms with E-state index >= 15 is 0 Å². The molecule has 1 heterocycles. The quantitative estimate of drug-likeness (QED) is 0.768. The Hall–Kier alpha value is -1.40. The molecule has 0 spiro atoms. The SMILES string of the molecule is CN1CCN(S(=O)(=O)c2ccc(C(C)(C)C)cc2)C(c2ccccc2)C1.Cl. The fraction of sp³-hybridized carbons (Fsp3) is 0.429. The van der Waals surface area contributed by atoms with Crippen LogP contribution in [0.3, 0.4) is 0 Å². The molecule has 2 aromatic carbocycles. The minimum Gasteiger partial charge on any atom is -0.303 e. The standard InChI is InChI=1S/C21H28N2O2S.ClH/c1-21(2,3)18-10-12-19(13-11-18)26(24,25)23-15-14-22(4)16-20(23)17-8-6-5-7-9-17;/h5-13,20H,14-16H2,1-4H3;1H. The van der Waals surface area contributed by atoms with Gasteiger partial charge in [-0.1, -0.05) is 63.2 Å². The minimum atomic E-state index is -3.54. The predicted molar refractivity (Wildman–Crippen MR) is 113 cm³/mol. The van der Waals surface area contributed by atoms with Crippen molar-refractivity contribution in [1.82, 2.24) is 9.21 Å². The molecule has 0 aromatic heterocycles. The van der Waals surface area contributed by atoms with Gasteiger partial charge in [0.2, 0.25) is 10.0 Å². The summed E-state index contributed by atoms with van der Waals surface area (Å²) in [7, 11) is -1.50.